The molecule has 1 atom stereocenters. The van der Waals surface area contributed by atoms with E-state index in [1.807, 2.05) is 13.0 Å². The number of nitrogens with one attached hydrogen (secondary N) is 2. The third-order valence-electron chi connectivity index (χ3n) is 1.58. The van der Waals surface area contributed by atoms with E-state index in [0.717, 1.165) is 11.4 Å². The minimum absolute atomic E-state index is 0.341. The molecule has 0 radical (unpaired) electrons. The van der Waals surface area contributed by atoms with Gasteiger partial charge in [0.15, 0.2) is 0 Å². The van der Waals surface area contributed by atoms with Crippen molar-refractivity contribution in [3.63, 3.8) is 0 Å². The van der Waals surface area contributed by atoms with Crippen LogP contribution in [0.3, 0.4) is 0 Å². The van der Waals surface area contributed by atoms with Crippen molar-refractivity contribution >= 4 is 5.91 Å². The van der Waals surface area contributed by atoms with E-state index in [1.165, 1.54) is 6.92 Å². The quantitative estimate of drug-likeness (QED) is 0.602. The number of amides is 1. The maximum atomic E-state index is 10.9. The number of aromatic nitrogens is 2. The molecule has 0 saturated carbocycles. The fraction of sp³-hybridized carbons (Fsp3) is 0.500. The second-order valence-corrected chi connectivity index (χ2v) is 2.94. The van der Waals surface area contributed by atoms with Gasteiger partial charge in [0.25, 0.3) is 0 Å². The smallest absolute Gasteiger partial charge is 0.248 e. The van der Waals surface area contributed by atoms with E-state index in [4.69, 9.17) is 5.11 Å². The standard InChI is InChI=1S/C8H13N3O2/c1-5-3-7(11-10-5)4-9-8(13)6(2)12/h3,6,12H,4H2,1-2H3,(H,9,13)(H,10,11)/t6-/m1/s1. The minimum atomic E-state index is -0.972. The lowest BCUT2D eigenvalue weighted by atomic mass is 10.3. The number of hydrogen-bond donors (Lipinski definition) is 3. The third kappa shape index (κ3) is 2.87. The van der Waals surface area contributed by atoms with Gasteiger partial charge in [-0.1, -0.05) is 0 Å². The molecule has 0 aromatic carbocycles. The summed E-state index contributed by atoms with van der Waals surface area (Å²) in [5.74, 6) is -0.388. The molecule has 3 N–H and O–H groups in total. The third-order valence-corrected chi connectivity index (χ3v) is 1.58. The van der Waals surface area contributed by atoms with Gasteiger partial charge in [0.1, 0.15) is 6.10 Å². The number of hydrogen-bond acceptors (Lipinski definition) is 3. The molecule has 0 bridgehead atoms. The number of H-pyrrole nitrogens is 1. The van der Waals surface area contributed by atoms with Crippen molar-refractivity contribution in [3.8, 4) is 0 Å². The molecule has 5 heteroatoms. The Morgan fingerprint density at radius 1 is 1.85 bits per heavy atom. The zero-order chi connectivity index (χ0) is 9.84. The van der Waals surface area contributed by atoms with Gasteiger partial charge in [-0.25, -0.2) is 0 Å². The maximum Gasteiger partial charge on any atom is 0.248 e. The highest BCUT2D eigenvalue weighted by molar-refractivity contribution is 5.79. The summed E-state index contributed by atoms with van der Waals surface area (Å²) in [5, 5.41) is 18.1. The summed E-state index contributed by atoms with van der Waals surface area (Å²) in [5.41, 5.74) is 1.70. The van der Waals surface area contributed by atoms with Crippen molar-refractivity contribution in [1.82, 2.24) is 15.5 Å². The number of aliphatic hydroxyl groups excluding tert-OH is 1. The zero-order valence-electron chi connectivity index (χ0n) is 7.66. The molecule has 1 amide bonds. The summed E-state index contributed by atoms with van der Waals surface area (Å²) in [7, 11) is 0. The van der Waals surface area contributed by atoms with Crippen LogP contribution in [0, 0.1) is 6.92 Å². The van der Waals surface area contributed by atoms with Crippen LogP contribution in [0.4, 0.5) is 0 Å². The van der Waals surface area contributed by atoms with Gasteiger partial charge in [-0.3, -0.25) is 9.89 Å². The minimum Gasteiger partial charge on any atom is -0.384 e. The predicted molar refractivity (Wildman–Crippen MR) is 46.9 cm³/mol. The van der Waals surface area contributed by atoms with E-state index in [1.54, 1.807) is 0 Å². The summed E-state index contributed by atoms with van der Waals surface area (Å²) in [6.45, 7) is 3.65. The van der Waals surface area contributed by atoms with Crippen LogP contribution in [0.2, 0.25) is 0 Å². The molecule has 0 aliphatic carbocycles. The molecule has 13 heavy (non-hydrogen) atoms. The second kappa shape index (κ2) is 4.04. The first-order valence-corrected chi connectivity index (χ1v) is 4.06. The van der Waals surface area contributed by atoms with E-state index in [9.17, 15) is 4.79 Å². The lowest BCUT2D eigenvalue weighted by Crippen LogP contribution is -2.32. The van der Waals surface area contributed by atoms with Gasteiger partial charge in [0, 0.05) is 5.69 Å². The molecule has 5 nitrogen and oxygen atoms in total. The highest BCUT2D eigenvalue weighted by Crippen LogP contribution is 1.96. The summed E-state index contributed by atoms with van der Waals surface area (Å²) < 4.78 is 0. The normalized spacial score (nSPS) is 12.5. The molecule has 72 valence electrons. The molecular formula is C8H13N3O2. The van der Waals surface area contributed by atoms with Crippen LogP contribution >= 0.6 is 0 Å². The van der Waals surface area contributed by atoms with E-state index in [2.05, 4.69) is 15.5 Å². The van der Waals surface area contributed by atoms with E-state index < -0.39 is 6.10 Å². The average molecular weight is 183 g/mol. The van der Waals surface area contributed by atoms with E-state index >= 15 is 0 Å². The van der Waals surface area contributed by atoms with Crippen molar-refractivity contribution in [2.75, 3.05) is 0 Å². The molecule has 1 aromatic heterocycles. The molecule has 1 aromatic rings. The summed E-state index contributed by atoms with van der Waals surface area (Å²) in [6, 6.07) is 1.84. The Labute approximate surface area is 76.2 Å². The van der Waals surface area contributed by atoms with E-state index in [-0.39, 0.29) is 5.91 Å². The Kier molecular flexibility index (Phi) is 3.02. The van der Waals surface area contributed by atoms with Gasteiger partial charge in [0.05, 0.1) is 12.2 Å². The number of carbonyl (C=O) groups is 1. The Morgan fingerprint density at radius 2 is 2.54 bits per heavy atom. The van der Waals surface area contributed by atoms with Crippen molar-refractivity contribution in [2.24, 2.45) is 0 Å². The van der Waals surface area contributed by atoms with Crippen molar-refractivity contribution in [3.05, 3.63) is 17.5 Å². The van der Waals surface area contributed by atoms with Crippen LogP contribution in [0.1, 0.15) is 18.3 Å². The predicted octanol–water partition coefficient (Wildman–Crippen LogP) is -0.285. The van der Waals surface area contributed by atoms with Crippen molar-refractivity contribution < 1.29 is 9.90 Å². The van der Waals surface area contributed by atoms with Crippen molar-refractivity contribution in [1.29, 1.82) is 0 Å². The Hall–Kier alpha value is -1.36. The van der Waals surface area contributed by atoms with Gasteiger partial charge < -0.3 is 10.4 Å². The molecule has 1 rings (SSSR count). The molecule has 1 heterocycles. The fourth-order valence-electron chi connectivity index (χ4n) is 0.890. The molecule has 0 fully saturated rings. The number of carbonyl (C=O) groups excluding carboxylic acids is 1. The van der Waals surface area contributed by atoms with Crippen LogP contribution in [0.5, 0.6) is 0 Å². The van der Waals surface area contributed by atoms with E-state index in [0.29, 0.717) is 6.54 Å². The first-order chi connectivity index (χ1) is 6.09. The number of aliphatic hydroxyl groups is 1. The molecule has 0 saturated heterocycles. The molecule has 0 aliphatic rings. The van der Waals surface area contributed by atoms with Crippen molar-refractivity contribution in [2.45, 2.75) is 26.5 Å². The molecule has 0 spiro atoms. The first-order valence-electron chi connectivity index (χ1n) is 4.06. The average Bonchev–Trinajstić information content (AvgIpc) is 2.47. The second-order valence-electron chi connectivity index (χ2n) is 2.94. The highest BCUT2D eigenvalue weighted by Gasteiger charge is 2.08. The lowest BCUT2D eigenvalue weighted by Gasteiger charge is -2.04. The Morgan fingerprint density at radius 3 is 3.00 bits per heavy atom. The zero-order valence-corrected chi connectivity index (χ0v) is 7.66. The van der Waals surface area contributed by atoms with Gasteiger partial charge in [-0.15, -0.1) is 0 Å². The van der Waals surface area contributed by atoms with Crippen LogP contribution in [0.25, 0.3) is 0 Å². The fourth-order valence-corrected chi connectivity index (χ4v) is 0.890. The van der Waals surface area contributed by atoms with Gasteiger partial charge >= 0.3 is 0 Å². The Bertz CT molecular complexity index is 293. The van der Waals surface area contributed by atoms with Crippen LogP contribution < -0.4 is 5.32 Å². The maximum absolute atomic E-state index is 10.9. The number of rotatable bonds is 3. The number of aryl methyl sites for hydroxylation is 1. The summed E-state index contributed by atoms with van der Waals surface area (Å²) in [6.07, 6.45) is -0.972. The van der Waals surface area contributed by atoms with Crippen LogP contribution in [-0.2, 0) is 11.3 Å². The largest absolute Gasteiger partial charge is 0.384 e. The van der Waals surface area contributed by atoms with Gasteiger partial charge in [-0.05, 0) is 19.9 Å². The van der Waals surface area contributed by atoms with Gasteiger partial charge in [0.2, 0.25) is 5.91 Å². The SMILES string of the molecule is Cc1cc(CNC(=O)[C@@H](C)O)n[nH]1. The molecular weight excluding hydrogens is 170 g/mol. The molecule has 0 aliphatic heterocycles. The topological polar surface area (TPSA) is 78.0 Å². The van der Waals surface area contributed by atoms with Crippen LogP contribution in [-0.4, -0.2) is 27.3 Å². The highest BCUT2D eigenvalue weighted by atomic mass is 16.3. The summed E-state index contributed by atoms with van der Waals surface area (Å²) >= 11 is 0. The summed E-state index contributed by atoms with van der Waals surface area (Å²) in [4.78, 5) is 10.9. The molecule has 0 unspecified atom stereocenters. The number of aromatic amines is 1. The number of nitrogens with zero attached hydrogens (tertiary/aromatic N) is 1. The van der Waals surface area contributed by atoms with Crippen LogP contribution in [0.15, 0.2) is 6.07 Å². The first kappa shape index (κ1) is 9.73. The van der Waals surface area contributed by atoms with Gasteiger partial charge in [-0.2, -0.15) is 5.10 Å². The Balaban J connectivity index is 2.39. The lowest BCUT2D eigenvalue weighted by molar-refractivity contribution is -0.128. The monoisotopic (exact) mass is 183 g/mol.